The molecule has 3 rings (SSSR count). The predicted molar refractivity (Wildman–Crippen MR) is 79.3 cm³/mol. The van der Waals surface area contributed by atoms with Crippen LogP contribution in [0.2, 0.25) is 0 Å². The van der Waals surface area contributed by atoms with E-state index >= 15 is 0 Å². The van der Waals surface area contributed by atoms with Gasteiger partial charge in [-0.05, 0) is 31.4 Å². The lowest BCUT2D eigenvalue weighted by atomic mass is 10.00. The molecule has 0 spiro atoms. The second kappa shape index (κ2) is 6.05. The number of rotatable bonds is 4. The molecule has 0 saturated carbocycles. The van der Waals surface area contributed by atoms with Gasteiger partial charge in [0.1, 0.15) is 5.75 Å². The molecule has 7 heteroatoms. The van der Waals surface area contributed by atoms with Crippen molar-refractivity contribution in [3.8, 4) is 5.75 Å². The maximum atomic E-state index is 12.1. The van der Waals surface area contributed by atoms with E-state index in [4.69, 9.17) is 14.9 Å². The van der Waals surface area contributed by atoms with E-state index in [1.807, 2.05) is 19.1 Å². The van der Waals surface area contributed by atoms with Crippen molar-refractivity contribution in [3.05, 3.63) is 35.2 Å². The summed E-state index contributed by atoms with van der Waals surface area (Å²) in [6.07, 6.45) is 1.51. The van der Waals surface area contributed by atoms with Crippen molar-refractivity contribution in [2.45, 2.75) is 32.3 Å². The molecule has 2 heterocycles. The third-order valence-corrected chi connectivity index (χ3v) is 3.57. The second-order valence-corrected chi connectivity index (χ2v) is 5.33. The molecule has 1 amide bonds. The fraction of sp³-hybridized carbons (Fsp3) is 0.400. The molecule has 1 aliphatic rings. The summed E-state index contributed by atoms with van der Waals surface area (Å²) in [6.45, 7) is 2.45. The Morgan fingerprint density at radius 3 is 3.09 bits per heavy atom. The zero-order valence-electron chi connectivity index (χ0n) is 12.3. The highest BCUT2D eigenvalue weighted by Crippen LogP contribution is 2.28. The van der Waals surface area contributed by atoms with Crippen LogP contribution in [0.15, 0.2) is 22.6 Å². The number of aryl methyl sites for hydroxylation is 2. The number of nitrogens with two attached hydrogens (primary N) is 1. The van der Waals surface area contributed by atoms with E-state index in [-0.39, 0.29) is 11.9 Å². The van der Waals surface area contributed by atoms with Crippen LogP contribution < -0.4 is 15.8 Å². The topological polar surface area (TPSA) is 103 Å². The monoisotopic (exact) mass is 302 g/mol. The lowest BCUT2D eigenvalue weighted by molar-refractivity contribution is -0.128. The first-order valence-electron chi connectivity index (χ1n) is 7.23. The lowest BCUT2D eigenvalue weighted by Gasteiger charge is -2.25. The van der Waals surface area contributed by atoms with E-state index in [2.05, 4.69) is 21.6 Å². The number of nitrogens with zero attached hydrogens (tertiary/aromatic N) is 2. The summed E-state index contributed by atoms with van der Waals surface area (Å²) in [6, 6.07) is 6.04. The third-order valence-electron chi connectivity index (χ3n) is 3.57. The first kappa shape index (κ1) is 14.4. The normalized spacial score (nSPS) is 16.7. The van der Waals surface area contributed by atoms with Gasteiger partial charge >= 0.3 is 6.01 Å². The minimum absolute atomic E-state index is 0.0313. The molecule has 7 nitrogen and oxygen atoms in total. The highest BCUT2D eigenvalue weighted by atomic mass is 16.5. The number of hydrogen-bond donors (Lipinski definition) is 2. The number of carbonyl (C=O) groups excluding carboxylic acids is 1. The van der Waals surface area contributed by atoms with Crippen molar-refractivity contribution in [2.24, 2.45) is 0 Å². The van der Waals surface area contributed by atoms with Crippen molar-refractivity contribution < 1.29 is 13.9 Å². The molecule has 0 radical (unpaired) electrons. The number of ether oxygens (including phenoxy) is 1. The van der Waals surface area contributed by atoms with Gasteiger partial charge in [0.05, 0.1) is 0 Å². The van der Waals surface area contributed by atoms with Crippen molar-refractivity contribution in [2.75, 3.05) is 12.3 Å². The minimum atomic E-state index is -0.456. The second-order valence-electron chi connectivity index (χ2n) is 5.33. The number of nitrogen functional groups attached to an aromatic ring is 1. The van der Waals surface area contributed by atoms with Gasteiger partial charge < -0.3 is 20.2 Å². The predicted octanol–water partition coefficient (Wildman–Crippen LogP) is 1.01. The zero-order chi connectivity index (χ0) is 15.5. The zero-order valence-corrected chi connectivity index (χ0v) is 12.3. The van der Waals surface area contributed by atoms with Crippen LogP contribution in [0.1, 0.15) is 23.4 Å². The van der Waals surface area contributed by atoms with Gasteiger partial charge in [0.15, 0.2) is 6.10 Å². The molecule has 0 aliphatic carbocycles. The molecule has 1 atom stereocenters. The van der Waals surface area contributed by atoms with Crippen molar-refractivity contribution >= 4 is 11.9 Å². The van der Waals surface area contributed by atoms with E-state index in [1.165, 1.54) is 5.56 Å². The van der Waals surface area contributed by atoms with Crippen molar-refractivity contribution in [3.63, 3.8) is 0 Å². The first-order chi connectivity index (χ1) is 10.6. The van der Waals surface area contributed by atoms with Crippen LogP contribution in [0, 0.1) is 6.92 Å². The molecular formula is C15H18N4O3. The Balaban J connectivity index is 1.52. The molecule has 1 aliphatic heterocycles. The average molecular weight is 302 g/mol. The standard InChI is InChI=1S/C15H18N4O3/c1-9-2-4-11-10(8-9)3-5-12(21-11)14(20)17-7-6-13-18-19-15(16)22-13/h2,4,8,12H,3,5-7H2,1H3,(H2,16,19)(H,17,20). The number of hydrogen-bond acceptors (Lipinski definition) is 6. The van der Waals surface area contributed by atoms with Crippen LogP contribution in [-0.2, 0) is 17.6 Å². The summed E-state index contributed by atoms with van der Waals surface area (Å²) in [5, 5.41) is 10.1. The van der Waals surface area contributed by atoms with Gasteiger partial charge in [-0.15, -0.1) is 5.10 Å². The van der Waals surface area contributed by atoms with Crippen LogP contribution in [0.3, 0.4) is 0 Å². The van der Waals surface area contributed by atoms with Crippen molar-refractivity contribution in [1.29, 1.82) is 0 Å². The summed E-state index contributed by atoms with van der Waals surface area (Å²) < 4.78 is 10.8. The molecule has 2 aromatic rings. The Morgan fingerprint density at radius 2 is 2.32 bits per heavy atom. The van der Waals surface area contributed by atoms with Crippen LogP contribution in [0.4, 0.5) is 6.01 Å². The number of amides is 1. The molecule has 0 saturated heterocycles. The molecule has 0 fully saturated rings. The molecule has 0 bridgehead atoms. The number of aromatic nitrogens is 2. The Bertz CT molecular complexity index is 683. The number of benzene rings is 1. The Labute approximate surface area is 127 Å². The maximum absolute atomic E-state index is 12.1. The molecule has 1 unspecified atom stereocenters. The number of anilines is 1. The smallest absolute Gasteiger partial charge is 0.312 e. The van der Waals surface area contributed by atoms with E-state index in [0.29, 0.717) is 25.3 Å². The maximum Gasteiger partial charge on any atom is 0.312 e. The average Bonchev–Trinajstić information content (AvgIpc) is 2.92. The van der Waals surface area contributed by atoms with Crippen LogP contribution >= 0.6 is 0 Å². The molecule has 1 aromatic carbocycles. The van der Waals surface area contributed by atoms with Gasteiger partial charge in [-0.3, -0.25) is 4.79 Å². The first-order valence-corrected chi connectivity index (χ1v) is 7.23. The number of nitrogens with one attached hydrogen (secondary N) is 1. The molecule has 22 heavy (non-hydrogen) atoms. The fourth-order valence-corrected chi connectivity index (χ4v) is 2.48. The van der Waals surface area contributed by atoms with Gasteiger partial charge in [-0.25, -0.2) is 0 Å². The van der Waals surface area contributed by atoms with Gasteiger partial charge in [-0.2, -0.15) is 0 Å². The molecule has 3 N–H and O–H groups in total. The molecule has 1 aromatic heterocycles. The third kappa shape index (κ3) is 3.19. The summed E-state index contributed by atoms with van der Waals surface area (Å²) in [4.78, 5) is 12.1. The highest BCUT2D eigenvalue weighted by Gasteiger charge is 2.25. The van der Waals surface area contributed by atoms with Crippen LogP contribution in [0.25, 0.3) is 0 Å². The quantitative estimate of drug-likeness (QED) is 0.873. The summed E-state index contributed by atoms with van der Waals surface area (Å²) in [5.74, 6) is 1.07. The Morgan fingerprint density at radius 1 is 1.45 bits per heavy atom. The summed E-state index contributed by atoms with van der Waals surface area (Å²) in [7, 11) is 0. The molecular weight excluding hydrogens is 284 g/mol. The number of fused-ring (bicyclic) bond motifs is 1. The Hall–Kier alpha value is -2.57. The highest BCUT2D eigenvalue weighted by molar-refractivity contribution is 5.81. The van der Waals surface area contributed by atoms with Crippen molar-refractivity contribution in [1.82, 2.24) is 15.5 Å². The van der Waals surface area contributed by atoms with E-state index in [1.54, 1.807) is 0 Å². The van der Waals surface area contributed by atoms with Gasteiger partial charge in [0, 0.05) is 13.0 Å². The van der Waals surface area contributed by atoms with E-state index in [9.17, 15) is 4.79 Å². The van der Waals surface area contributed by atoms with Gasteiger partial charge in [0.2, 0.25) is 5.89 Å². The van der Waals surface area contributed by atoms with E-state index in [0.717, 1.165) is 17.7 Å². The van der Waals surface area contributed by atoms with Gasteiger partial charge in [-0.1, -0.05) is 22.8 Å². The lowest BCUT2D eigenvalue weighted by Crippen LogP contribution is -2.41. The summed E-state index contributed by atoms with van der Waals surface area (Å²) >= 11 is 0. The SMILES string of the molecule is Cc1ccc2c(c1)CCC(C(=O)NCCc1nnc(N)o1)O2. The van der Waals surface area contributed by atoms with Crippen LogP contribution in [0.5, 0.6) is 5.75 Å². The largest absolute Gasteiger partial charge is 0.480 e. The van der Waals surface area contributed by atoms with Crippen LogP contribution in [-0.4, -0.2) is 28.8 Å². The van der Waals surface area contributed by atoms with Gasteiger partial charge in [0.25, 0.3) is 5.91 Å². The summed E-state index contributed by atoms with van der Waals surface area (Å²) in [5.41, 5.74) is 7.69. The number of carbonyl (C=O) groups is 1. The minimum Gasteiger partial charge on any atom is -0.480 e. The Kier molecular flexibility index (Phi) is 3.95. The fourth-order valence-electron chi connectivity index (χ4n) is 2.48. The molecule has 116 valence electrons. The van der Waals surface area contributed by atoms with E-state index < -0.39 is 6.10 Å².